The molecule has 0 aliphatic carbocycles. The Morgan fingerprint density at radius 2 is 1.92 bits per heavy atom. The molecule has 4 aromatic rings. The second-order valence-corrected chi connectivity index (χ2v) is 6.79. The van der Waals surface area contributed by atoms with E-state index in [-0.39, 0.29) is 0 Å². The highest BCUT2D eigenvalue weighted by Crippen LogP contribution is 2.27. The van der Waals surface area contributed by atoms with E-state index in [0.717, 1.165) is 11.3 Å². The molecule has 0 saturated carbocycles. The van der Waals surface area contributed by atoms with Crippen LogP contribution in [0, 0.1) is 6.92 Å². The molecule has 0 aliphatic heterocycles. The third kappa shape index (κ3) is 3.33. The van der Waals surface area contributed by atoms with Crippen LogP contribution in [0.25, 0.3) is 17.1 Å². The summed E-state index contributed by atoms with van der Waals surface area (Å²) in [5, 5.41) is 17.2. The van der Waals surface area contributed by atoms with Gasteiger partial charge in [0.25, 0.3) is 5.89 Å². The van der Waals surface area contributed by atoms with Crippen LogP contribution in [0.15, 0.2) is 58.2 Å². The van der Waals surface area contributed by atoms with Crippen molar-refractivity contribution in [3.63, 3.8) is 0 Å². The first-order chi connectivity index (χ1) is 12.7. The number of aryl methyl sites for hydroxylation is 1. The summed E-state index contributed by atoms with van der Waals surface area (Å²) in [5.41, 5.74) is 2.73. The van der Waals surface area contributed by atoms with Crippen molar-refractivity contribution >= 4 is 23.4 Å². The number of nitrogens with zero attached hydrogens (tertiary/aromatic N) is 6. The summed E-state index contributed by atoms with van der Waals surface area (Å²) in [6.45, 7) is 2.01. The van der Waals surface area contributed by atoms with Crippen molar-refractivity contribution in [1.29, 1.82) is 0 Å². The van der Waals surface area contributed by atoms with Crippen LogP contribution in [0.5, 0.6) is 0 Å². The molecule has 9 heteroatoms. The molecule has 2 heterocycles. The Balaban J connectivity index is 1.52. The van der Waals surface area contributed by atoms with Crippen molar-refractivity contribution in [3.8, 4) is 17.1 Å². The largest absolute Gasteiger partial charge is 0.334 e. The predicted molar refractivity (Wildman–Crippen MR) is 98.2 cm³/mol. The lowest BCUT2D eigenvalue weighted by atomic mass is 10.2. The molecule has 0 radical (unpaired) electrons. The number of thioether (sulfide) groups is 1. The number of halogens is 1. The van der Waals surface area contributed by atoms with E-state index in [1.54, 1.807) is 10.7 Å². The highest BCUT2D eigenvalue weighted by Gasteiger charge is 2.15. The van der Waals surface area contributed by atoms with E-state index < -0.39 is 0 Å². The van der Waals surface area contributed by atoms with Crippen LogP contribution in [0.1, 0.15) is 11.4 Å². The van der Waals surface area contributed by atoms with E-state index >= 15 is 0 Å². The van der Waals surface area contributed by atoms with Crippen molar-refractivity contribution in [2.75, 3.05) is 0 Å². The van der Waals surface area contributed by atoms with Gasteiger partial charge < -0.3 is 4.52 Å². The van der Waals surface area contributed by atoms with E-state index in [1.165, 1.54) is 11.8 Å². The van der Waals surface area contributed by atoms with Crippen LogP contribution >= 0.6 is 23.4 Å². The average Bonchev–Trinajstić information content (AvgIpc) is 3.30. The number of hydrogen-bond donors (Lipinski definition) is 0. The zero-order valence-electron chi connectivity index (χ0n) is 13.7. The summed E-state index contributed by atoms with van der Waals surface area (Å²) in [6.07, 6.45) is 0. The van der Waals surface area contributed by atoms with Gasteiger partial charge in [0.1, 0.15) is 0 Å². The molecular formula is C17H13ClN6OS. The highest BCUT2D eigenvalue weighted by atomic mass is 35.5. The summed E-state index contributed by atoms with van der Waals surface area (Å²) in [4.78, 5) is 4.40. The highest BCUT2D eigenvalue weighted by molar-refractivity contribution is 7.98. The molecule has 7 nitrogen and oxygen atoms in total. The van der Waals surface area contributed by atoms with Gasteiger partial charge in [-0.05, 0) is 41.1 Å². The summed E-state index contributed by atoms with van der Waals surface area (Å²) in [6, 6.07) is 15.3. The number of rotatable bonds is 5. The molecule has 0 unspecified atom stereocenters. The Hall–Kier alpha value is -2.71. The predicted octanol–water partition coefficient (Wildman–Crippen LogP) is 3.97. The lowest BCUT2D eigenvalue weighted by Gasteiger charge is -2.06. The number of benzene rings is 2. The third-order valence-electron chi connectivity index (χ3n) is 3.69. The standard InChI is InChI=1S/C17H13ClN6OS/c1-11-6-2-5-9-14(11)24-17(20-22-23-24)26-10-15-19-16(25-21-15)12-7-3-4-8-13(12)18/h2-9H,10H2,1H3. The first-order valence-electron chi connectivity index (χ1n) is 7.77. The molecule has 2 aromatic heterocycles. The maximum absolute atomic E-state index is 6.17. The van der Waals surface area contributed by atoms with Gasteiger partial charge in [0, 0.05) is 0 Å². The fourth-order valence-corrected chi connectivity index (χ4v) is 3.35. The molecule has 2 aromatic carbocycles. The van der Waals surface area contributed by atoms with Gasteiger partial charge in [0.05, 0.1) is 22.0 Å². The number of aromatic nitrogens is 6. The normalized spacial score (nSPS) is 11.0. The summed E-state index contributed by atoms with van der Waals surface area (Å²) < 4.78 is 7.02. The van der Waals surface area contributed by atoms with E-state index in [4.69, 9.17) is 16.1 Å². The molecule has 0 fully saturated rings. The Morgan fingerprint density at radius 3 is 2.77 bits per heavy atom. The second kappa shape index (κ2) is 7.27. The lowest BCUT2D eigenvalue weighted by Crippen LogP contribution is -2.01. The smallest absolute Gasteiger partial charge is 0.259 e. The summed E-state index contributed by atoms with van der Waals surface area (Å²) in [5.74, 6) is 1.41. The second-order valence-electron chi connectivity index (χ2n) is 5.44. The molecule has 4 rings (SSSR count). The molecule has 26 heavy (non-hydrogen) atoms. The van der Waals surface area contributed by atoms with Crippen molar-refractivity contribution in [2.24, 2.45) is 0 Å². The van der Waals surface area contributed by atoms with Crippen molar-refractivity contribution in [1.82, 2.24) is 30.3 Å². The summed E-state index contributed by atoms with van der Waals surface area (Å²) >= 11 is 7.60. The molecule has 0 aliphatic rings. The zero-order valence-corrected chi connectivity index (χ0v) is 15.3. The van der Waals surface area contributed by atoms with Crippen LogP contribution in [0.3, 0.4) is 0 Å². The van der Waals surface area contributed by atoms with Gasteiger partial charge >= 0.3 is 0 Å². The maximum atomic E-state index is 6.17. The van der Waals surface area contributed by atoms with E-state index in [0.29, 0.717) is 33.2 Å². The first-order valence-corrected chi connectivity index (χ1v) is 9.13. The third-order valence-corrected chi connectivity index (χ3v) is 4.93. The topological polar surface area (TPSA) is 82.5 Å². The molecule has 130 valence electrons. The fourth-order valence-electron chi connectivity index (χ4n) is 2.41. The van der Waals surface area contributed by atoms with Crippen LogP contribution in [-0.4, -0.2) is 30.3 Å². The van der Waals surface area contributed by atoms with Crippen molar-refractivity contribution < 1.29 is 4.52 Å². The number of para-hydroxylation sites is 1. The zero-order chi connectivity index (χ0) is 17.9. The van der Waals surface area contributed by atoms with Gasteiger partial charge in [-0.2, -0.15) is 9.67 Å². The van der Waals surface area contributed by atoms with Gasteiger partial charge in [-0.1, -0.05) is 58.9 Å². The molecular weight excluding hydrogens is 372 g/mol. The summed E-state index contributed by atoms with van der Waals surface area (Å²) in [7, 11) is 0. The monoisotopic (exact) mass is 384 g/mol. The van der Waals surface area contributed by atoms with E-state index in [9.17, 15) is 0 Å². The Kier molecular flexibility index (Phi) is 4.68. The molecule has 0 amide bonds. The average molecular weight is 385 g/mol. The minimum atomic E-state index is 0.393. The van der Waals surface area contributed by atoms with Gasteiger partial charge in [-0.25, -0.2) is 0 Å². The quantitative estimate of drug-likeness (QED) is 0.481. The number of hydrogen-bond acceptors (Lipinski definition) is 7. The van der Waals surface area contributed by atoms with E-state index in [2.05, 4.69) is 25.7 Å². The molecule has 0 spiro atoms. The molecule has 0 atom stereocenters. The van der Waals surface area contributed by atoms with Gasteiger partial charge in [-0.15, -0.1) is 5.10 Å². The van der Waals surface area contributed by atoms with Crippen LogP contribution < -0.4 is 0 Å². The SMILES string of the molecule is Cc1ccccc1-n1nnnc1SCc1noc(-c2ccccc2Cl)n1. The molecule has 0 saturated heterocycles. The fraction of sp³-hybridized carbons (Fsp3) is 0.118. The van der Waals surface area contributed by atoms with Crippen LogP contribution in [-0.2, 0) is 5.75 Å². The minimum absolute atomic E-state index is 0.393. The van der Waals surface area contributed by atoms with Crippen LogP contribution in [0.2, 0.25) is 5.02 Å². The van der Waals surface area contributed by atoms with Gasteiger partial charge in [-0.3, -0.25) is 0 Å². The Bertz CT molecular complexity index is 1050. The Labute approximate surface area is 158 Å². The first kappa shape index (κ1) is 16.7. The van der Waals surface area contributed by atoms with Crippen LogP contribution in [0.4, 0.5) is 0 Å². The Morgan fingerprint density at radius 1 is 1.12 bits per heavy atom. The van der Waals surface area contributed by atoms with Crippen molar-refractivity contribution in [3.05, 3.63) is 64.9 Å². The molecule has 0 N–H and O–H groups in total. The maximum Gasteiger partial charge on any atom is 0.259 e. The van der Waals surface area contributed by atoms with Gasteiger partial charge in [0.2, 0.25) is 5.16 Å². The lowest BCUT2D eigenvalue weighted by molar-refractivity contribution is 0.425. The van der Waals surface area contributed by atoms with E-state index in [1.807, 2.05) is 49.4 Å². The minimum Gasteiger partial charge on any atom is -0.334 e. The van der Waals surface area contributed by atoms with Crippen molar-refractivity contribution in [2.45, 2.75) is 17.8 Å². The van der Waals surface area contributed by atoms with Gasteiger partial charge in [0.15, 0.2) is 5.82 Å². The molecule has 0 bridgehead atoms. The number of tetrazole rings is 1.